The second kappa shape index (κ2) is 20.6. The van der Waals surface area contributed by atoms with E-state index in [1.54, 1.807) is 4.90 Å². The van der Waals surface area contributed by atoms with E-state index < -0.39 is 0 Å². The number of carbonyl (C=O) groups excluding carboxylic acids is 5. The minimum Gasteiger partial charge on any atom is -0.354 e. The van der Waals surface area contributed by atoms with Crippen molar-refractivity contribution in [2.75, 3.05) is 58.9 Å². The van der Waals surface area contributed by atoms with E-state index in [1.165, 1.54) is 24.3 Å². The first-order valence-electron chi connectivity index (χ1n) is 11.9. The Morgan fingerprint density at radius 3 is 1.58 bits per heavy atom. The number of amides is 5. The first kappa shape index (κ1) is 32.3. The molecule has 4 N–H and O–H groups in total. The molecule has 0 spiro atoms. The summed E-state index contributed by atoms with van der Waals surface area (Å²) in [6.07, 6.45) is 6.25. The molecule has 0 aromatic carbocycles. The van der Waals surface area contributed by atoms with E-state index in [0.717, 1.165) is 0 Å². The van der Waals surface area contributed by atoms with Gasteiger partial charge in [0.1, 0.15) is 0 Å². The van der Waals surface area contributed by atoms with Gasteiger partial charge in [-0.2, -0.15) is 0 Å². The Kier molecular flexibility index (Phi) is 18.5. The van der Waals surface area contributed by atoms with Gasteiger partial charge in [0, 0.05) is 58.8 Å². The molecule has 0 rings (SSSR count). The van der Waals surface area contributed by atoms with Crippen LogP contribution in [0.25, 0.3) is 0 Å². The van der Waals surface area contributed by atoms with Crippen LogP contribution in [0.2, 0.25) is 0 Å². The number of rotatable bonds is 21. The fourth-order valence-corrected chi connectivity index (χ4v) is 3.02. The fourth-order valence-electron chi connectivity index (χ4n) is 3.02. The second-order valence-electron chi connectivity index (χ2n) is 7.66. The van der Waals surface area contributed by atoms with Gasteiger partial charge in [-0.1, -0.05) is 26.3 Å². The molecule has 0 fully saturated rings. The lowest BCUT2D eigenvalue weighted by Gasteiger charge is -2.23. The van der Waals surface area contributed by atoms with Crippen molar-refractivity contribution in [3.05, 3.63) is 50.6 Å². The van der Waals surface area contributed by atoms with E-state index in [1.807, 2.05) is 4.90 Å². The maximum Gasteiger partial charge on any atom is 0.246 e. The minimum absolute atomic E-state index is 0.167. The van der Waals surface area contributed by atoms with Gasteiger partial charge in [0.2, 0.25) is 29.5 Å². The smallest absolute Gasteiger partial charge is 0.246 e. The maximum atomic E-state index is 12.4. The van der Waals surface area contributed by atoms with Crippen LogP contribution < -0.4 is 21.3 Å². The molecule has 0 radical (unpaired) electrons. The first-order chi connectivity index (χ1) is 17.3. The van der Waals surface area contributed by atoms with E-state index in [4.69, 9.17) is 0 Å². The van der Waals surface area contributed by atoms with Crippen LogP contribution in [0.4, 0.5) is 0 Å². The summed E-state index contributed by atoms with van der Waals surface area (Å²) in [5.41, 5.74) is 0. The van der Waals surface area contributed by atoms with E-state index in [2.05, 4.69) is 47.6 Å². The molecular formula is C25H40N6O5. The van der Waals surface area contributed by atoms with Crippen LogP contribution >= 0.6 is 0 Å². The molecule has 0 aromatic heterocycles. The Morgan fingerprint density at radius 2 is 1.06 bits per heavy atom. The largest absolute Gasteiger partial charge is 0.354 e. The number of nitrogens with zero attached hydrogens (tertiary/aromatic N) is 2. The Morgan fingerprint density at radius 1 is 0.556 bits per heavy atom. The van der Waals surface area contributed by atoms with Gasteiger partial charge >= 0.3 is 0 Å². The highest BCUT2D eigenvalue weighted by atomic mass is 16.2. The fraction of sp³-hybridized carbons (Fsp3) is 0.480. The molecule has 0 bridgehead atoms. The number of hydrogen-bond donors (Lipinski definition) is 4. The van der Waals surface area contributed by atoms with Crippen molar-refractivity contribution in [1.82, 2.24) is 31.1 Å². The predicted molar refractivity (Wildman–Crippen MR) is 140 cm³/mol. The van der Waals surface area contributed by atoms with Gasteiger partial charge in [-0.3, -0.25) is 24.0 Å². The molecule has 0 unspecified atom stereocenters. The van der Waals surface area contributed by atoms with E-state index >= 15 is 0 Å². The highest BCUT2D eigenvalue weighted by molar-refractivity contribution is 5.88. The lowest BCUT2D eigenvalue weighted by atomic mass is 10.3. The summed E-state index contributed by atoms with van der Waals surface area (Å²) in [7, 11) is 0. The van der Waals surface area contributed by atoms with Crippen molar-refractivity contribution in [1.29, 1.82) is 0 Å². The summed E-state index contributed by atoms with van der Waals surface area (Å²) >= 11 is 0. The zero-order valence-corrected chi connectivity index (χ0v) is 21.1. The zero-order chi connectivity index (χ0) is 27.2. The van der Waals surface area contributed by atoms with Gasteiger partial charge in [-0.15, -0.1) is 0 Å². The molecule has 0 aliphatic carbocycles. The van der Waals surface area contributed by atoms with Crippen LogP contribution in [0, 0.1) is 0 Å². The summed E-state index contributed by atoms with van der Waals surface area (Å²) < 4.78 is 0. The van der Waals surface area contributed by atoms with Gasteiger partial charge in [-0.05, 0) is 43.7 Å². The molecule has 200 valence electrons. The van der Waals surface area contributed by atoms with Crippen LogP contribution in [-0.2, 0) is 24.0 Å². The maximum absolute atomic E-state index is 12.4. The standard InChI is InChI=1S/C25H40N6O5/c1-5-21(32)26-12-9-16-30(19-14-28-23(34)7-3)18-11-24(35)29-15-20-31(25(36)8-4)17-10-13-27-22(33)6-2/h5-8H,1-4,9-20H2,(H,26,32)(H,27,33)(H,28,34)(H,29,35). The van der Waals surface area contributed by atoms with E-state index in [-0.39, 0.29) is 42.5 Å². The van der Waals surface area contributed by atoms with Crippen molar-refractivity contribution < 1.29 is 24.0 Å². The number of nitrogens with one attached hydrogen (secondary N) is 4. The topological polar surface area (TPSA) is 140 Å². The molecule has 11 nitrogen and oxygen atoms in total. The van der Waals surface area contributed by atoms with Crippen LogP contribution in [0.5, 0.6) is 0 Å². The molecule has 0 aromatic rings. The third-order valence-electron chi connectivity index (χ3n) is 4.98. The summed E-state index contributed by atoms with van der Waals surface area (Å²) in [5.74, 6) is -1.21. The van der Waals surface area contributed by atoms with E-state index in [0.29, 0.717) is 65.2 Å². The van der Waals surface area contributed by atoms with Crippen LogP contribution in [0.15, 0.2) is 50.6 Å². The van der Waals surface area contributed by atoms with Crippen molar-refractivity contribution in [2.45, 2.75) is 19.3 Å². The Hall–Kier alpha value is -3.73. The highest BCUT2D eigenvalue weighted by Gasteiger charge is 2.12. The van der Waals surface area contributed by atoms with Crippen molar-refractivity contribution >= 4 is 29.5 Å². The molecule has 0 atom stereocenters. The Bertz CT molecular complexity index is 783. The summed E-state index contributed by atoms with van der Waals surface area (Å²) in [4.78, 5) is 61.8. The Labute approximate surface area is 213 Å². The molecule has 11 heteroatoms. The zero-order valence-electron chi connectivity index (χ0n) is 21.1. The van der Waals surface area contributed by atoms with Gasteiger partial charge in [0.15, 0.2) is 0 Å². The van der Waals surface area contributed by atoms with Crippen LogP contribution in [-0.4, -0.2) is 98.2 Å². The third-order valence-corrected chi connectivity index (χ3v) is 4.98. The van der Waals surface area contributed by atoms with Gasteiger partial charge in [0.25, 0.3) is 0 Å². The number of carbonyl (C=O) groups is 5. The average Bonchev–Trinajstić information content (AvgIpc) is 2.89. The van der Waals surface area contributed by atoms with Crippen molar-refractivity contribution in [2.24, 2.45) is 0 Å². The van der Waals surface area contributed by atoms with Gasteiger partial charge in [0.05, 0.1) is 0 Å². The number of hydrogen-bond acceptors (Lipinski definition) is 6. The molecule has 0 heterocycles. The average molecular weight is 505 g/mol. The monoisotopic (exact) mass is 504 g/mol. The molecular weight excluding hydrogens is 464 g/mol. The summed E-state index contributed by atoms with van der Waals surface area (Å²) in [6, 6.07) is 0. The first-order valence-corrected chi connectivity index (χ1v) is 11.9. The molecule has 0 aliphatic rings. The van der Waals surface area contributed by atoms with Crippen LogP contribution in [0.1, 0.15) is 19.3 Å². The quantitative estimate of drug-likeness (QED) is 0.123. The van der Waals surface area contributed by atoms with E-state index in [9.17, 15) is 24.0 Å². The summed E-state index contributed by atoms with van der Waals surface area (Å²) in [5, 5.41) is 10.9. The predicted octanol–water partition coefficient (Wildman–Crippen LogP) is -0.504. The van der Waals surface area contributed by atoms with Gasteiger partial charge < -0.3 is 31.1 Å². The molecule has 0 saturated heterocycles. The highest BCUT2D eigenvalue weighted by Crippen LogP contribution is 1.96. The normalized spacial score (nSPS) is 10.0. The van der Waals surface area contributed by atoms with Gasteiger partial charge in [-0.25, -0.2) is 0 Å². The second-order valence-corrected chi connectivity index (χ2v) is 7.66. The van der Waals surface area contributed by atoms with Crippen molar-refractivity contribution in [3.8, 4) is 0 Å². The molecule has 36 heavy (non-hydrogen) atoms. The lowest BCUT2D eigenvalue weighted by molar-refractivity contribution is -0.127. The van der Waals surface area contributed by atoms with Crippen molar-refractivity contribution in [3.63, 3.8) is 0 Å². The third kappa shape index (κ3) is 16.8. The Balaban J connectivity index is 4.52. The summed E-state index contributed by atoms with van der Waals surface area (Å²) in [6.45, 7) is 17.6. The van der Waals surface area contributed by atoms with Crippen LogP contribution in [0.3, 0.4) is 0 Å². The SMILES string of the molecule is C=CC(=O)NCCCN(CCNC(=O)C=C)CCC(=O)NCCN(CCCNC(=O)C=C)C(=O)C=C. The molecule has 0 saturated carbocycles. The lowest BCUT2D eigenvalue weighted by Crippen LogP contribution is -2.41. The molecule has 5 amide bonds. The minimum atomic E-state index is -0.275. The molecule has 0 aliphatic heterocycles.